The van der Waals surface area contributed by atoms with Crippen molar-refractivity contribution in [3.8, 4) is 11.5 Å². The molecule has 0 radical (unpaired) electrons. The van der Waals surface area contributed by atoms with Crippen LogP contribution in [0.3, 0.4) is 0 Å². The van der Waals surface area contributed by atoms with E-state index < -0.39 is 17.4 Å². The number of hydrogen-bond acceptors (Lipinski definition) is 6. The number of fused-ring (bicyclic) bond motifs is 8. The Balaban J connectivity index is 1.41. The van der Waals surface area contributed by atoms with Crippen LogP contribution in [0.5, 0.6) is 11.5 Å². The molecule has 162 valence electrons. The number of rotatable bonds is 1. The summed E-state index contributed by atoms with van der Waals surface area (Å²) in [6.07, 6.45) is 1.63. The highest BCUT2D eigenvalue weighted by atomic mass is 35.5. The summed E-state index contributed by atoms with van der Waals surface area (Å²) in [4.78, 5) is 44.5. The Bertz CT molecular complexity index is 1250. The van der Waals surface area contributed by atoms with Crippen molar-refractivity contribution in [2.45, 2.75) is 24.4 Å². The number of nitrogens with one attached hydrogen (secondary N) is 1. The number of amides is 3. The normalized spacial score (nSPS) is 32.0. The number of anilines is 2. The summed E-state index contributed by atoms with van der Waals surface area (Å²) in [6.45, 7) is 0.755. The second-order valence-electron chi connectivity index (χ2n) is 8.87. The molecule has 5 aliphatic rings. The molecule has 8 nitrogen and oxygen atoms in total. The Labute approximate surface area is 188 Å². The Morgan fingerprint density at radius 2 is 1.88 bits per heavy atom. The van der Waals surface area contributed by atoms with Crippen LogP contribution in [-0.4, -0.2) is 42.0 Å². The summed E-state index contributed by atoms with van der Waals surface area (Å²) in [5.74, 6) is -1.23. The fourth-order valence-corrected chi connectivity index (χ4v) is 6.63. The van der Waals surface area contributed by atoms with E-state index >= 15 is 0 Å². The maximum Gasteiger partial charge on any atom is 0.250 e. The predicted octanol–water partition coefficient (Wildman–Crippen LogP) is 2.50. The van der Waals surface area contributed by atoms with Crippen molar-refractivity contribution in [3.05, 3.63) is 47.0 Å². The van der Waals surface area contributed by atoms with Gasteiger partial charge in [-0.1, -0.05) is 11.6 Å². The maximum atomic E-state index is 13.9. The molecule has 5 heterocycles. The first kappa shape index (κ1) is 18.5. The van der Waals surface area contributed by atoms with Crippen LogP contribution in [0.4, 0.5) is 11.4 Å². The van der Waals surface area contributed by atoms with Gasteiger partial charge >= 0.3 is 0 Å². The van der Waals surface area contributed by atoms with Gasteiger partial charge in [-0.15, -0.1) is 0 Å². The van der Waals surface area contributed by atoms with Crippen LogP contribution < -0.4 is 19.7 Å². The third-order valence-electron chi connectivity index (χ3n) is 7.57. The number of benzene rings is 2. The second kappa shape index (κ2) is 6.02. The quantitative estimate of drug-likeness (QED) is 0.670. The lowest BCUT2D eigenvalue weighted by molar-refractivity contribution is -0.135. The van der Waals surface area contributed by atoms with Crippen molar-refractivity contribution < 1.29 is 23.9 Å². The molecule has 2 aromatic carbocycles. The van der Waals surface area contributed by atoms with Crippen LogP contribution in [0, 0.1) is 11.8 Å². The minimum atomic E-state index is -1.23. The summed E-state index contributed by atoms with van der Waals surface area (Å²) in [7, 11) is 0. The summed E-state index contributed by atoms with van der Waals surface area (Å²) in [5.41, 5.74) is 0.530. The average molecular weight is 452 g/mol. The van der Waals surface area contributed by atoms with Gasteiger partial charge in [-0.05, 0) is 49.7 Å². The molecule has 1 N–H and O–H groups in total. The van der Waals surface area contributed by atoms with Gasteiger partial charge in [0.1, 0.15) is 5.54 Å². The smallest absolute Gasteiger partial charge is 0.250 e. The van der Waals surface area contributed by atoms with Gasteiger partial charge in [-0.25, -0.2) is 4.90 Å². The number of hydrogen-bond donors (Lipinski definition) is 1. The van der Waals surface area contributed by atoms with E-state index in [1.807, 2.05) is 0 Å². The third kappa shape index (κ3) is 2.00. The Hall–Kier alpha value is -3.10. The molecular weight excluding hydrogens is 434 g/mol. The molecule has 3 saturated heterocycles. The van der Waals surface area contributed by atoms with Crippen LogP contribution in [0.25, 0.3) is 0 Å². The van der Waals surface area contributed by atoms with Crippen molar-refractivity contribution in [2.75, 3.05) is 23.6 Å². The molecule has 0 aromatic heterocycles. The largest absolute Gasteiger partial charge is 0.454 e. The van der Waals surface area contributed by atoms with E-state index in [-0.39, 0.29) is 30.6 Å². The first-order valence-corrected chi connectivity index (χ1v) is 11.1. The minimum Gasteiger partial charge on any atom is -0.454 e. The highest BCUT2D eigenvalue weighted by Crippen LogP contribution is 2.61. The first-order valence-electron chi connectivity index (χ1n) is 10.7. The second-order valence-corrected chi connectivity index (χ2v) is 9.30. The topological polar surface area (TPSA) is 88.2 Å². The van der Waals surface area contributed by atoms with Crippen LogP contribution in [0.2, 0.25) is 5.02 Å². The van der Waals surface area contributed by atoms with E-state index in [1.54, 1.807) is 36.4 Å². The van der Waals surface area contributed by atoms with Gasteiger partial charge in [-0.3, -0.25) is 19.3 Å². The summed E-state index contributed by atoms with van der Waals surface area (Å²) in [6, 6.07) is 10.1. The third-order valence-corrected chi connectivity index (χ3v) is 7.80. The number of ether oxygens (including phenoxy) is 2. The number of carbonyl (C=O) groups excluding carboxylic acids is 3. The van der Waals surface area contributed by atoms with Crippen molar-refractivity contribution in [2.24, 2.45) is 11.8 Å². The zero-order chi connectivity index (χ0) is 21.8. The Kier molecular flexibility index (Phi) is 3.48. The van der Waals surface area contributed by atoms with Crippen molar-refractivity contribution in [1.29, 1.82) is 0 Å². The highest BCUT2D eigenvalue weighted by Gasteiger charge is 2.74. The summed E-state index contributed by atoms with van der Waals surface area (Å²) >= 11 is 6.32. The maximum absolute atomic E-state index is 13.9. The monoisotopic (exact) mass is 451 g/mol. The minimum absolute atomic E-state index is 0.101. The standard InChI is InChI=1S/C23H18ClN3O5/c24-11-3-5-14-13(8-11)23(22(30)25-14)19-18(15-2-1-7-26(15)23)20(28)27(21(19)29)12-4-6-16-17(9-12)32-10-31-16/h3-6,8-9,15,18-19H,1-2,7,10H2,(H,25,30)/t15-,18+,19-,23-/m0/s1. The number of nitrogens with zero attached hydrogens (tertiary/aromatic N) is 2. The van der Waals surface area contributed by atoms with Gasteiger partial charge in [0.25, 0.3) is 0 Å². The molecule has 0 saturated carbocycles. The van der Waals surface area contributed by atoms with Gasteiger partial charge in [-0.2, -0.15) is 0 Å². The molecule has 3 amide bonds. The molecule has 2 aromatic rings. The molecular formula is C23H18ClN3O5. The van der Waals surface area contributed by atoms with E-state index in [9.17, 15) is 14.4 Å². The summed E-state index contributed by atoms with van der Waals surface area (Å²) < 4.78 is 10.8. The van der Waals surface area contributed by atoms with Gasteiger partial charge in [0.2, 0.25) is 24.5 Å². The number of carbonyl (C=O) groups is 3. The lowest BCUT2D eigenvalue weighted by Crippen LogP contribution is -2.54. The predicted molar refractivity (Wildman–Crippen MR) is 114 cm³/mol. The molecule has 7 rings (SSSR count). The summed E-state index contributed by atoms with van der Waals surface area (Å²) in [5, 5.41) is 3.44. The molecule has 5 aliphatic heterocycles. The van der Waals surface area contributed by atoms with Crippen LogP contribution in [0.15, 0.2) is 36.4 Å². The van der Waals surface area contributed by atoms with E-state index in [4.69, 9.17) is 21.1 Å². The van der Waals surface area contributed by atoms with Gasteiger partial charge in [0, 0.05) is 28.4 Å². The fraction of sp³-hybridized carbons (Fsp3) is 0.348. The molecule has 1 spiro atoms. The van der Waals surface area contributed by atoms with Crippen LogP contribution in [-0.2, 0) is 19.9 Å². The zero-order valence-electron chi connectivity index (χ0n) is 16.8. The van der Waals surface area contributed by atoms with Gasteiger partial charge in [0.15, 0.2) is 11.5 Å². The van der Waals surface area contributed by atoms with E-state index in [0.29, 0.717) is 40.0 Å². The van der Waals surface area contributed by atoms with Crippen LogP contribution in [0.1, 0.15) is 18.4 Å². The van der Waals surface area contributed by atoms with Crippen molar-refractivity contribution >= 4 is 40.7 Å². The molecule has 0 unspecified atom stereocenters. The van der Waals surface area contributed by atoms with Gasteiger partial charge < -0.3 is 14.8 Å². The molecule has 0 bridgehead atoms. The Morgan fingerprint density at radius 3 is 2.75 bits per heavy atom. The van der Waals surface area contributed by atoms with E-state index in [1.165, 1.54) is 4.90 Å². The van der Waals surface area contributed by atoms with Gasteiger partial charge in [0.05, 0.1) is 17.5 Å². The first-order chi connectivity index (χ1) is 15.5. The highest BCUT2D eigenvalue weighted by molar-refractivity contribution is 6.31. The SMILES string of the molecule is O=C1[C@H]2[C@@H](C(=O)N1c1ccc3c(c1)OCO3)[C@@]1(C(=O)Nc3ccc(Cl)cc31)N1CCC[C@@H]21. The van der Waals surface area contributed by atoms with Crippen LogP contribution >= 0.6 is 11.6 Å². The van der Waals surface area contributed by atoms with Crippen molar-refractivity contribution in [3.63, 3.8) is 0 Å². The average Bonchev–Trinajstić information content (AvgIpc) is 3.55. The molecule has 9 heteroatoms. The van der Waals surface area contributed by atoms with E-state index in [0.717, 1.165) is 12.8 Å². The van der Waals surface area contributed by atoms with Crippen molar-refractivity contribution in [1.82, 2.24) is 4.90 Å². The zero-order valence-corrected chi connectivity index (χ0v) is 17.6. The molecule has 4 atom stereocenters. The molecule has 0 aliphatic carbocycles. The Morgan fingerprint density at radius 1 is 1.03 bits per heavy atom. The number of halogens is 1. The molecule has 32 heavy (non-hydrogen) atoms. The molecule has 3 fully saturated rings. The van der Waals surface area contributed by atoms with E-state index in [2.05, 4.69) is 10.2 Å². The number of imide groups is 1. The lowest BCUT2D eigenvalue weighted by atomic mass is 9.75. The lowest BCUT2D eigenvalue weighted by Gasteiger charge is -2.36. The fourth-order valence-electron chi connectivity index (χ4n) is 6.45.